The van der Waals surface area contributed by atoms with Crippen molar-refractivity contribution >= 4 is 0 Å². The van der Waals surface area contributed by atoms with Gasteiger partial charge >= 0.3 is 0 Å². The van der Waals surface area contributed by atoms with Crippen LogP contribution in [-0.2, 0) is 11.2 Å². The SMILES string of the molecule is COc1cc(C2Oc3c(OC)cc(CCCO)cc3C2CO)cc(OC)c1OC1OC(CO)C(O)C(O)C1O. The quantitative estimate of drug-likeness (QED) is 0.221. The van der Waals surface area contributed by atoms with Gasteiger partial charge in [-0.25, -0.2) is 0 Å². The summed E-state index contributed by atoms with van der Waals surface area (Å²) in [6.45, 7) is -0.775. The molecule has 4 rings (SSSR count). The van der Waals surface area contributed by atoms with Crippen molar-refractivity contribution in [2.24, 2.45) is 0 Å². The van der Waals surface area contributed by atoms with Crippen molar-refractivity contribution in [2.45, 2.75) is 55.6 Å². The maximum Gasteiger partial charge on any atom is 0.229 e. The summed E-state index contributed by atoms with van der Waals surface area (Å²) in [5.74, 6) is 1.00. The Morgan fingerprint density at radius 3 is 2.03 bits per heavy atom. The number of hydrogen-bond donors (Lipinski definition) is 6. The molecule has 0 saturated carbocycles. The van der Waals surface area contributed by atoms with Crippen molar-refractivity contribution in [1.29, 1.82) is 0 Å². The summed E-state index contributed by atoms with van der Waals surface area (Å²) in [5.41, 5.74) is 2.31. The molecule has 6 N–H and O–H groups in total. The van der Waals surface area contributed by atoms with Gasteiger partial charge in [-0.3, -0.25) is 0 Å². The van der Waals surface area contributed by atoms with Crippen LogP contribution in [0.3, 0.4) is 0 Å². The van der Waals surface area contributed by atoms with E-state index in [1.807, 2.05) is 12.1 Å². The minimum absolute atomic E-state index is 0.0491. The van der Waals surface area contributed by atoms with E-state index >= 15 is 0 Å². The van der Waals surface area contributed by atoms with Crippen molar-refractivity contribution in [2.75, 3.05) is 41.2 Å². The second-order valence-electron chi connectivity index (χ2n) is 9.44. The molecule has 7 atom stereocenters. The second kappa shape index (κ2) is 12.6. The first kappa shape index (κ1) is 29.2. The Hall–Kier alpha value is -2.84. The zero-order valence-corrected chi connectivity index (χ0v) is 22.0. The lowest BCUT2D eigenvalue weighted by atomic mass is 9.90. The number of aryl methyl sites for hydroxylation is 1. The van der Waals surface area contributed by atoms with E-state index in [2.05, 4.69) is 0 Å². The van der Waals surface area contributed by atoms with Gasteiger partial charge in [-0.2, -0.15) is 0 Å². The molecule has 7 unspecified atom stereocenters. The van der Waals surface area contributed by atoms with Gasteiger partial charge in [0.25, 0.3) is 0 Å². The number of rotatable bonds is 11. The van der Waals surface area contributed by atoms with Crippen LogP contribution in [0.25, 0.3) is 0 Å². The predicted octanol–water partition coefficient (Wildman–Crippen LogP) is 0.0256. The highest BCUT2D eigenvalue weighted by atomic mass is 16.7. The molecule has 2 heterocycles. The highest BCUT2D eigenvalue weighted by Gasteiger charge is 2.45. The van der Waals surface area contributed by atoms with Crippen LogP contribution in [0.5, 0.6) is 28.7 Å². The molecule has 12 nitrogen and oxygen atoms in total. The van der Waals surface area contributed by atoms with Gasteiger partial charge in [0.15, 0.2) is 23.0 Å². The Morgan fingerprint density at radius 2 is 1.46 bits per heavy atom. The van der Waals surface area contributed by atoms with E-state index in [1.54, 1.807) is 12.1 Å². The number of aliphatic hydroxyl groups is 6. The van der Waals surface area contributed by atoms with Crippen molar-refractivity contribution in [3.63, 3.8) is 0 Å². The normalized spacial score (nSPS) is 28.0. The molecule has 0 aromatic heterocycles. The maximum absolute atomic E-state index is 10.4. The first-order chi connectivity index (χ1) is 18.8. The lowest BCUT2D eigenvalue weighted by Gasteiger charge is -2.39. The Morgan fingerprint density at radius 1 is 0.795 bits per heavy atom. The fourth-order valence-corrected chi connectivity index (χ4v) is 4.99. The largest absolute Gasteiger partial charge is 0.493 e. The second-order valence-corrected chi connectivity index (χ2v) is 9.44. The van der Waals surface area contributed by atoms with E-state index in [0.29, 0.717) is 29.9 Å². The van der Waals surface area contributed by atoms with Crippen LogP contribution >= 0.6 is 0 Å². The highest BCUT2D eigenvalue weighted by molar-refractivity contribution is 5.58. The van der Waals surface area contributed by atoms with Gasteiger partial charge in [0, 0.05) is 17.7 Å². The molecule has 0 bridgehead atoms. The smallest absolute Gasteiger partial charge is 0.229 e. The van der Waals surface area contributed by atoms with Crippen molar-refractivity contribution in [3.8, 4) is 28.7 Å². The molecule has 1 fully saturated rings. The van der Waals surface area contributed by atoms with Crippen LogP contribution in [-0.4, -0.2) is 102 Å². The van der Waals surface area contributed by atoms with Crippen LogP contribution in [0.4, 0.5) is 0 Å². The molecular formula is C27H36O12. The van der Waals surface area contributed by atoms with Crippen molar-refractivity contribution in [3.05, 3.63) is 41.0 Å². The van der Waals surface area contributed by atoms with Crippen molar-refractivity contribution < 1.29 is 59.1 Å². The fraction of sp³-hybridized carbons (Fsp3) is 0.556. The molecular weight excluding hydrogens is 516 g/mol. The molecule has 2 aromatic carbocycles. The zero-order valence-electron chi connectivity index (χ0n) is 22.0. The number of aliphatic hydroxyl groups excluding tert-OH is 6. The number of hydrogen-bond acceptors (Lipinski definition) is 12. The van der Waals surface area contributed by atoms with Crippen LogP contribution in [0.2, 0.25) is 0 Å². The van der Waals surface area contributed by atoms with Gasteiger partial charge in [-0.1, -0.05) is 6.07 Å². The number of benzene rings is 2. The van der Waals surface area contributed by atoms with Crippen molar-refractivity contribution in [1.82, 2.24) is 0 Å². The average molecular weight is 553 g/mol. The van der Waals surface area contributed by atoms with Crippen LogP contribution in [0.15, 0.2) is 24.3 Å². The lowest BCUT2D eigenvalue weighted by molar-refractivity contribution is -0.277. The lowest BCUT2D eigenvalue weighted by Crippen LogP contribution is -2.60. The van der Waals surface area contributed by atoms with Crippen LogP contribution < -0.4 is 23.7 Å². The van der Waals surface area contributed by atoms with E-state index in [9.17, 15) is 30.6 Å². The molecule has 0 spiro atoms. The van der Waals surface area contributed by atoms with Gasteiger partial charge in [-0.05, 0) is 36.6 Å². The van der Waals surface area contributed by atoms with Gasteiger partial charge in [0.2, 0.25) is 12.0 Å². The van der Waals surface area contributed by atoms with Gasteiger partial charge < -0.3 is 59.1 Å². The predicted molar refractivity (Wildman–Crippen MR) is 136 cm³/mol. The topological polar surface area (TPSA) is 177 Å². The molecule has 39 heavy (non-hydrogen) atoms. The van der Waals surface area contributed by atoms with E-state index in [-0.39, 0.29) is 30.5 Å². The van der Waals surface area contributed by atoms with E-state index in [0.717, 1.165) is 11.1 Å². The minimum Gasteiger partial charge on any atom is -0.493 e. The standard InChI is InChI=1S/C27H36O12/c1-34-17-8-13(5-4-6-28)7-15-16(11-29)24(38-25(15)17)14-9-18(35-2)26(19(10-14)36-3)39-27-23(33)22(32)21(31)20(12-30)37-27/h7-10,16,20-24,27-33H,4-6,11-12H2,1-3H3. The summed E-state index contributed by atoms with van der Waals surface area (Å²) < 4.78 is 34.3. The molecule has 12 heteroatoms. The molecule has 0 radical (unpaired) electrons. The third-order valence-corrected chi connectivity index (χ3v) is 7.09. The monoisotopic (exact) mass is 552 g/mol. The molecule has 2 aliphatic rings. The summed E-state index contributed by atoms with van der Waals surface area (Å²) in [7, 11) is 4.35. The van der Waals surface area contributed by atoms with Gasteiger partial charge in [-0.15, -0.1) is 0 Å². The van der Waals surface area contributed by atoms with Crippen LogP contribution in [0, 0.1) is 0 Å². The molecule has 216 valence electrons. The summed E-state index contributed by atoms with van der Waals surface area (Å²) in [4.78, 5) is 0. The molecule has 0 amide bonds. The number of fused-ring (bicyclic) bond motifs is 1. The summed E-state index contributed by atoms with van der Waals surface area (Å²) >= 11 is 0. The average Bonchev–Trinajstić information content (AvgIpc) is 3.34. The van der Waals surface area contributed by atoms with Crippen LogP contribution in [0.1, 0.15) is 35.1 Å². The fourth-order valence-electron chi connectivity index (χ4n) is 4.99. The Balaban J connectivity index is 1.68. The summed E-state index contributed by atoms with van der Waals surface area (Å²) in [5, 5.41) is 59.7. The third kappa shape index (κ3) is 5.59. The molecule has 0 aliphatic carbocycles. The van der Waals surface area contributed by atoms with E-state index in [4.69, 9.17) is 28.4 Å². The zero-order chi connectivity index (χ0) is 28.3. The van der Waals surface area contributed by atoms with Gasteiger partial charge in [0.05, 0.1) is 40.5 Å². The third-order valence-electron chi connectivity index (χ3n) is 7.09. The minimum atomic E-state index is -1.63. The Labute approximate surface area is 225 Å². The molecule has 1 saturated heterocycles. The number of methoxy groups -OCH3 is 3. The van der Waals surface area contributed by atoms with Gasteiger partial charge in [0.1, 0.15) is 30.5 Å². The number of ether oxygens (including phenoxy) is 6. The van der Waals surface area contributed by atoms with E-state index < -0.39 is 49.3 Å². The first-order valence-corrected chi connectivity index (χ1v) is 12.6. The summed E-state index contributed by atoms with van der Waals surface area (Å²) in [6.07, 6.45) is -6.81. The highest BCUT2D eigenvalue weighted by Crippen LogP contribution is 2.53. The Bertz CT molecular complexity index is 1100. The first-order valence-electron chi connectivity index (χ1n) is 12.6. The Kier molecular flexibility index (Phi) is 9.39. The van der Waals surface area contributed by atoms with E-state index in [1.165, 1.54) is 21.3 Å². The maximum atomic E-state index is 10.4. The molecule has 2 aliphatic heterocycles. The molecule has 2 aromatic rings. The summed E-state index contributed by atoms with van der Waals surface area (Å²) in [6, 6.07) is 7.07.